The molecule has 1 N–H and O–H groups in total. The molecule has 0 radical (unpaired) electrons. The summed E-state index contributed by atoms with van der Waals surface area (Å²) in [5, 5.41) is 13.6. The smallest absolute Gasteiger partial charge is 0.433 e. The summed E-state index contributed by atoms with van der Waals surface area (Å²) < 4.78 is 44.2. The lowest BCUT2D eigenvalue weighted by molar-refractivity contribution is -0.152. The van der Waals surface area contributed by atoms with Crippen LogP contribution in [0, 0.1) is 10.8 Å². The van der Waals surface area contributed by atoms with Gasteiger partial charge in [0.05, 0.1) is 45.4 Å². The van der Waals surface area contributed by atoms with Crippen LogP contribution in [0.4, 0.5) is 13.2 Å². The molecule has 2 aliphatic rings. The Kier molecular flexibility index (Phi) is 7.86. The highest BCUT2D eigenvalue weighted by molar-refractivity contribution is 6.40. The maximum atomic E-state index is 14.5. The summed E-state index contributed by atoms with van der Waals surface area (Å²) >= 11 is 12.4. The van der Waals surface area contributed by atoms with Crippen molar-refractivity contribution in [3.63, 3.8) is 0 Å². The number of benzene rings is 1. The molecule has 7 nitrogen and oxygen atoms in total. The lowest BCUT2D eigenvalue weighted by atomic mass is 9.66. The standard InChI is InChI=1S/C27H30Cl2F3N3O4/c1-25(2)10-9-20(25)34(14-19(36)21-17(28)5-4-6-18(21)29)23(37)16-13-33-35(22(16)27(30,31)32)15-7-11-26(3,12-8-15)24(38)39/h4-6,13,15,20H,7-12,14H2,1-3H3,(H,38,39)/t15?,20-,26?/m1/s1. The summed E-state index contributed by atoms with van der Waals surface area (Å²) in [6.07, 6.45) is -2.04. The normalized spacial score (nSPS) is 24.6. The van der Waals surface area contributed by atoms with Gasteiger partial charge in [0, 0.05) is 6.04 Å². The van der Waals surface area contributed by atoms with Crippen molar-refractivity contribution in [3.8, 4) is 0 Å². The van der Waals surface area contributed by atoms with Crippen LogP contribution in [-0.4, -0.2) is 50.0 Å². The van der Waals surface area contributed by atoms with E-state index in [1.807, 2.05) is 13.8 Å². The van der Waals surface area contributed by atoms with Crippen LogP contribution in [-0.2, 0) is 11.0 Å². The number of carboxylic acid groups (broad SMARTS) is 1. The second kappa shape index (κ2) is 10.4. The van der Waals surface area contributed by atoms with Gasteiger partial charge < -0.3 is 10.0 Å². The zero-order chi connectivity index (χ0) is 28.9. The van der Waals surface area contributed by atoms with Crippen molar-refractivity contribution in [2.45, 2.75) is 77.6 Å². The highest BCUT2D eigenvalue weighted by Gasteiger charge is 2.49. The van der Waals surface area contributed by atoms with E-state index in [1.165, 1.54) is 17.0 Å². The molecule has 0 aliphatic heterocycles. The number of nitrogens with zero attached hydrogens (tertiary/aromatic N) is 3. The van der Waals surface area contributed by atoms with Gasteiger partial charge in [-0.15, -0.1) is 0 Å². The van der Waals surface area contributed by atoms with Crippen molar-refractivity contribution in [3.05, 3.63) is 51.3 Å². The number of aliphatic carboxylic acids is 1. The zero-order valence-corrected chi connectivity index (χ0v) is 23.3. The Morgan fingerprint density at radius 1 is 1.08 bits per heavy atom. The number of carbonyl (C=O) groups is 3. The lowest BCUT2D eigenvalue weighted by Crippen LogP contribution is -2.56. The van der Waals surface area contributed by atoms with Crippen LogP contribution in [0.5, 0.6) is 0 Å². The second-order valence-electron chi connectivity index (χ2n) is 11.4. The fourth-order valence-electron chi connectivity index (χ4n) is 5.68. The topological polar surface area (TPSA) is 92.5 Å². The van der Waals surface area contributed by atoms with Crippen molar-refractivity contribution < 1.29 is 32.7 Å². The molecule has 0 spiro atoms. The van der Waals surface area contributed by atoms with Crippen molar-refractivity contribution >= 4 is 40.9 Å². The minimum Gasteiger partial charge on any atom is -0.481 e. The van der Waals surface area contributed by atoms with E-state index in [4.69, 9.17) is 23.2 Å². The third-order valence-corrected chi connectivity index (χ3v) is 9.00. The first-order chi connectivity index (χ1) is 18.1. The third-order valence-electron chi connectivity index (χ3n) is 8.37. The first kappa shape index (κ1) is 29.4. The Morgan fingerprint density at radius 2 is 1.67 bits per heavy atom. The molecule has 0 saturated heterocycles. The fourth-order valence-corrected chi connectivity index (χ4v) is 6.29. The molecule has 4 rings (SSSR count). The maximum absolute atomic E-state index is 14.5. The zero-order valence-electron chi connectivity index (χ0n) is 21.8. The molecule has 39 heavy (non-hydrogen) atoms. The van der Waals surface area contributed by atoms with Gasteiger partial charge >= 0.3 is 12.1 Å². The third kappa shape index (κ3) is 5.55. The number of carboxylic acids is 1. The Labute approximate surface area is 234 Å². The summed E-state index contributed by atoms with van der Waals surface area (Å²) in [5.41, 5.74) is -3.27. The molecule has 12 heteroatoms. The number of hydrogen-bond acceptors (Lipinski definition) is 4. The monoisotopic (exact) mass is 587 g/mol. The van der Waals surface area contributed by atoms with E-state index in [-0.39, 0.29) is 41.3 Å². The minimum atomic E-state index is -4.91. The average molecular weight is 588 g/mol. The fraction of sp³-hybridized carbons (Fsp3) is 0.556. The van der Waals surface area contributed by atoms with Crippen LogP contribution in [0.1, 0.15) is 91.7 Å². The van der Waals surface area contributed by atoms with Crippen molar-refractivity contribution in [1.82, 2.24) is 14.7 Å². The molecule has 1 heterocycles. The molecule has 1 aromatic carbocycles. The summed E-state index contributed by atoms with van der Waals surface area (Å²) in [7, 11) is 0. The van der Waals surface area contributed by atoms with Crippen LogP contribution in [0.2, 0.25) is 10.0 Å². The van der Waals surface area contributed by atoms with E-state index in [2.05, 4.69) is 5.10 Å². The molecule has 2 aliphatic carbocycles. The van der Waals surface area contributed by atoms with Gasteiger partial charge in [-0.05, 0) is 63.0 Å². The number of rotatable bonds is 7. The van der Waals surface area contributed by atoms with E-state index >= 15 is 0 Å². The van der Waals surface area contributed by atoms with Crippen molar-refractivity contribution in [2.24, 2.45) is 10.8 Å². The van der Waals surface area contributed by atoms with E-state index in [0.29, 0.717) is 6.42 Å². The number of carbonyl (C=O) groups excluding carboxylic acids is 2. The Balaban J connectivity index is 1.70. The molecule has 1 atom stereocenters. The maximum Gasteiger partial charge on any atom is 0.433 e. The highest BCUT2D eigenvalue weighted by Crippen LogP contribution is 2.46. The number of Topliss-reactive ketones (excluding diaryl/α,β-unsaturated/α-hetero) is 1. The first-order valence-corrected chi connectivity index (χ1v) is 13.5. The molecule has 1 amide bonds. The predicted octanol–water partition coefficient (Wildman–Crippen LogP) is 6.93. The van der Waals surface area contributed by atoms with Gasteiger partial charge in [-0.2, -0.15) is 18.3 Å². The number of amides is 1. The summed E-state index contributed by atoms with van der Waals surface area (Å²) in [6.45, 7) is 4.86. The van der Waals surface area contributed by atoms with E-state index in [1.54, 1.807) is 13.0 Å². The summed E-state index contributed by atoms with van der Waals surface area (Å²) in [4.78, 5) is 39.9. The molecule has 2 aromatic rings. The summed E-state index contributed by atoms with van der Waals surface area (Å²) in [6, 6.07) is 3.32. The molecule has 1 aromatic heterocycles. The van der Waals surface area contributed by atoms with Crippen LogP contribution in [0.3, 0.4) is 0 Å². The highest BCUT2D eigenvalue weighted by atomic mass is 35.5. The second-order valence-corrected chi connectivity index (χ2v) is 12.3. The van der Waals surface area contributed by atoms with Gasteiger partial charge in [0.1, 0.15) is 0 Å². The molecular weight excluding hydrogens is 558 g/mol. The number of hydrogen-bond donors (Lipinski definition) is 1. The number of halogens is 5. The number of ketones is 1. The van der Waals surface area contributed by atoms with Gasteiger partial charge in [-0.25, -0.2) is 0 Å². The average Bonchev–Trinajstić information content (AvgIpc) is 3.29. The SMILES string of the molecule is CC1(C(=O)O)CCC(n2ncc(C(=O)N(CC(=O)c3c(Cl)cccc3Cl)[C@@H]3CCC3(C)C)c2C(F)(F)F)CC1. The van der Waals surface area contributed by atoms with E-state index < -0.39 is 64.6 Å². The largest absolute Gasteiger partial charge is 0.481 e. The Bertz CT molecular complexity index is 1280. The molecule has 212 valence electrons. The predicted molar refractivity (Wildman–Crippen MR) is 139 cm³/mol. The van der Waals surface area contributed by atoms with Crippen LogP contribution in [0.25, 0.3) is 0 Å². The first-order valence-electron chi connectivity index (χ1n) is 12.7. The van der Waals surface area contributed by atoms with Gasteiger partial charge in [0.2, 0.25) is 0 Å². The quantitative estimate of drug-likeness (QED) is 0.354. The van der Waals surface area contributed by atoms with Gasteiger partial charge in [-0.1, -0.05) is 43.1 Å². The van der Waals surface area contributed by atoms with Crippen LogP contribution < -0.4 is 0 Å². The Morgan fingerprint density at radius 3 is 2.13 bits per heavy atom. The lowest BCUT2D eigenvalue weighted by Gasteiger charge is -2.50. The number of alkyl halides is 3. The van der Waals surface area contributed by atoms with Gasteiger partial charge in [-0.3, -0.25) is 19.1 Å². The molecule has 0 bridgehead atoms. The van der Waals surface area contributed by atoms with Gasteiger partial charge in [0.25, 0.3) is 5.91 Å². The van der Waals surface area contributed by atoms with Crippen LogP contribution in [0.15, 0.2) is 24.4 Å². The van der Waals surface area contributed by atoms with Crippen molar-refractivity contribution in [2.75, 3.05) is 6.54 Å². The Hall–Kier alpha value is -2.59. The molecule has 2 fully saturated rings. The molecular formula is C27H30Cl2F3N3O4. The summed E-state index contributed by atoms with van der Waals surface area (Å²) in [5.74, 6) is -2.52. The van der Waals surface area contributed by atoms with Crippen LogP contribution >= 0.6 is 23.2 Å². The van der Waals surface area contributed by atoms with Gasteiger partial charge in [0.15, 0.2) is 11.5 Å². The number of aromatic nitrogens is 2. The van der Waals surface area contributed by atoms with E-state index in [0.717, 1.165) is 17.3 Å². The van der Waals surface area contributed by atoms with Crippen molar-refractivity contribution in [1.29, 1.82) is 0 Å². The van der Waals surface area contributed by atoms with E-state index in [9.17, 15) is 32.7 Å². The molecule has 2 saturated carbocycles. The molecule has 0 unspecified atom stereocenters. The minimum absolute atomic E-state index is 0.00573.